The third-order valence-electron chi connectivity index (χ3n) is 2.26. The number of ether oxygens (including phenoxy) is 2. The van der Waals surface area contributed by atoms with Crippen LogP contribution in [0.1, 0.15) is 13.3 Å². The summed E-state index contributed by atoms with van der Waals surface area (Å²) in [6.07, 6.45) is 0.532. The molecule has 1 atom stereocenters. The van der Waals surface area contributed by atoms with Gasteiger partial charge in [-0.2, -0.15) is 0 Å². The zero-order valence-electron chi connectivity index (χ0n) is 9.89. The van der Waals surface area contributed by atoms with Crippen LogP contribution in [0.2, 0.25) is 0 Å². The Labute approximate surface area is 100 Å². The maximum Gasteiger partial charge on any atom is 0.488 e. The summed E-state index contributed by atoms with van der Waals surface area (Å²) in [5.41, 5.74) is 0.0685. The van der Waals surface area contributed by atoms with Gasteiger partial charge in [0.1, 0.15) is 11.6 Å². The van der Waals surface area contributed by atoms with E-state index in [0.29, 0.717) is 13.0 Å². The molecular formula is C11H16BFO4. The summed E-state index contributed by atoms with van der Waals surface area (Å²) in [5, 5.41) is 17.9. The Morgan fingerprint density at radius 3 is 2.65 bits per heavy atom. The molecule has 1 aromatic carbocycles. The zero-order chi connectivity index (χ0) is 12.8. The molecule has 4 nitrogen and oxygen atoms in total. The van der Waals surface area contributed by atoms with Gasteiger partial charge in [-0.1, -0.05) is 0 Å². The Morgan fingerprint density at radius 2 is 2.06 bits per heavy atom. The molecule has 2 N–H and O–H groups in total. The van der Waals surface area contributed by atoms with Gasteiger partial charge >= 0.3 is 7.12 Å². The van der Waals surface area contributed by atoms with E-state index in [2.05, 4.69) is 0 Å². The quantitative estimate of drug-likeness (QED) is 0.705. The van der Waals surface area contributed by atoms with E-state index in [9.17, 15) is 4.39 Å². The summed E-state index contributed by atoms with van der Waals surface area (Å²) in [6.45, 7) is 2.38. The number of halogens is 1. The lowest BCUT2D eigenvalue weighted by atomic mass is 9.80. The van der Waals surface area contributed by atoms with E-state index in [1.54, 1.807) is 7.11 Å². The van der Waals surface area contributed by atoms with E-state index in [1.807, 2.05) is 6.92 Å². The zero-order valence-corrected chi connectivity index (χ0v) is 9.89. The smallest absolute Gasteiger partial charge is 0.488 e. The lowest BCUT2D eigenvalue weighted by Gasteiger charge is -2.15. The van der Waals surface area contributed by atoms with Crippen molar-refractivity contribution in [3.63, 3.8) is 0 Å². The fraction of sp³-hybridized carbons (Fsp3) is 0.455. The van der Waals surface area contributed by atoms with Gasteiger partial charge in [-0.15, -0.1) is 0 Å². The Bertz CT molecular complexity index is 359. The Kier molecular flexibility index (Phi) is 5.41. The van der Waals surface area contributed by atoms with Crippen LogP contribution in [0.15, 0.2) is 18.2 Å². The lowest BCUT2D eigenvalue weighted by Crippen LogP contribution is -2.30. The monoisotopic (exact) mass is 242 g/mol. The Balaban J connectivity index is 2.70. The highest BCUT2D eigenvalue weighted by Gasteiger charge is 2.14. The molecular weight excluding hydrogens is 226 g/mol. The van der Waals surface area contributed by atoms with Gasteiger partial charge in [0.25, 0.3) is 0 Å². The summed E-state index contributed by atoms with van der Waals surface area (Å²) in [4.78, 5) is 0. The molecule has 1 unspecified atom stereocenters. The van der Waals surface area contributed by atoms with Crippen LogP contribution in [0, 0.1) is 5.82 Å². The van der Waals surface area contributed by atoms with Gasteiger partial charge in [-0.05, 0) is 24.5 Å². The van der Waals surface area contributed by atoms with Crippen LogP contribution in [-0.4, -0.2) is 37.0 Å². The Morgan fingerprint density at radius 1 is 1.35 bits per heavy atom. The largest absolute Gasteiger partial charge is 0.491 e. The number of hydrogen-bond acceptors (Lipinski definition) is 4. The van der Waals surface area contributed by atoms with Crippen LogP contribution in [0.3, 0.4) is 0 Å². The second kappa shape index (κ2) is 6.59. The number of rotatable bonds is 6. The SMILES string of the molecule is COCCC(C)Oc1cc(F)cc(B(O)O)c1. The predicted octanol–water partition coefficient (Wildman–Crippen LogP) is 0.309. The van der Waals surface area contributed by atoms with Gasteiger partial charge < -0.3 is 19.5 Å². The minimum atomic E-state index is -1.71. The normalized spacial score (nSPS) is 12.3. The van der Waals surface area contributed by atoms with Gasteiger partial charge in [0.2, 0.25) is 0 Å². The molecule has 0 aromatic heterocycles. The van der Waals surface area contributed by atoms with Crippen LogP contribution >= 0.6 is 0 Å². The topological polar surface area (TPSA) is 58.9 Å². The second-order valence-electron chi connectivity index (χ2n) is 3.80. The highest BCUT2D eigenvalue weighted by Crippen LogP contribution is 2.14. The lowest BCUT2D eigenvalue weighted by molar-refractivity contribution is 0.135. The van der Waals surface area contributed by atoms with Gasteiger partial charge in [0.05, 0.1) is 6.10 Å². The fourth-order valence-corrected chi connectivity index (χ4v) is 1.38. The molecule has 0 fully saturated rings. The molecule has 0 spiro atoms. The maximum atomic E-state index is 13.2. The molecule has 94 valence electrons. The summed E-state index contributed by atoms with van der Waals surface area (Å²) in [6, 6.07) is 3.66. The van der Waals surface area contributed by atoms with E-state index >= 15 is 0 Å². The van der Waals surface area contributed by atoms with E-state index in [1.165, 1.54) is 12.1 Å². The molecule has 1 rings (SSSR count). The fourth-order valence-electron chi connectivity index (χ4n) is 1.38. The van der Waals surface area contributed by atoms with Gasteiger partial charge in [-0.25, -0.2) is 4.39 Å². The van der Waals surface area contributed by atoms with E-state index in [4.69, 9.17) is 19.5 Å². The van der Waals surface area contributed by atoms with E-state index in [-0.39, 0.29) is 17.3 Å². The average Bonchev–Trinajstić information content (AvgIpc) is 2.25. The van der Waals surface area contributed by atoms with Crippen LogP contribution in [0.4, 0.5) is 4.39 Å². The first kappa shape index (κ1) is 14.0. The summed E-state index contributed by atoms with van der Waals surface area (Å²) in [7, 11) is -0.114. The minimum absolute atomic E-state index is 0.0685. The standard InChI is InChI=1S/C11H16BFO4/c1-8(3-4-16-2)17-11-6-9(12(14)15)5-10(13)7-11/h5-8,14-15H,3-4H2,1-2H3. The molecule has 0 radical (unpaired) electrons. The van der Waals surface area contributed by atoms with Crippen molar-refractivity contribution < 1.29 is 23.9 Å². The van der Waals surface area contributed by atoms with Crippen molar-refractivity contribution >= 4 is 12.6 Å². The highest BCUT2D eigenvalue weighted by atomic mass is 19.1. The molecule has 1 aromatic rings. The van der Waals surface area contributed by atoms with Crippen LogP contribution in [0.25, 0.3) is 0 Å². The minimum Gasteiger partial charge on any atom is -0.491 e. The van der Waals surface area contributed by atoms with Gasteiger partial charge in [0, 0.05) is 26.2 Å². The predicted molar refractivity (Wildman–Crippen MR) is 62.8 cm³/mol. The molecule has 0 aliphatic heterocycles. The van der Waals surface area contributed by atoms with Gasteiger partial charge in [-0.3, -0.25) is 0 Å². The average molecular weight is 242 g/mol. The third kappa shape index (κ3) is 4.72. The molecule has 6 heteroatoms. The number of methoxy groups -OCH3 is 1. The number of hydrogen-bond donors (Lipinski definition) is 2. The van der Waals surface area contributed by atoms with Gasteiger partial charge in [0.15, 0.2) is 0 Å². The molecule has 0 aliphatic rings. The molecule has 0 bridgehead atoms. The second-order valence-corrected chi connectivity index (χ2v) is 3.80. The van der Waals surface area contributed by atoms with Crippen LogP contribution < -0.4 is 10.2 Å². The summed E-state index contributed by atoms with van der Waals surface area (Å²) in [5.74, 6) is -0.291. The van der Waals surface area contributed by atoms with Crippen LogP contribution in [-0.2, 0) is 4.74 Å². The third-order valence-corrected chi connectivity index (χ3v) is 2.26. The van der Waals surface area contributed by atoms with Crippen molar-refractivity contribution in [1.82, 2.24) is 0 Å². The van der Waals surface area contributed by atoms with Crippen LogP contribution in [0.5, 0.6) is 5.75 Å². The molecule has 0 saturated carbocycles. The maximum absolute atomic E-state index is 13.2. The Hall–Kier alpha value is -1.11. The van der Waals surface area contributed by atoms with Crippen molar-refractivity contribution in [2.75, 3.05) is 13.7 Å². The van der Waals surface area contributed by atoms with Crippen molar-refractivity contribution in [3.05, 3.63) is 24.0 Å². The summed E-state index contributed by atoms with van der Waals surface area (Å²) >= 11 is 0. The molecule has 0 saturated heterocycles. The van der Waals surface area contributed by atoms with E-state index < -0.39 is 12.9 Å². The van der Waals surface area contributed by atoms with Crippen molar-refractivity contribution in [3.8, 4) is 5.75 Å². The van der Waals surface area contributed by atoms with Crippen molar-refractivity contribution in [2.24, 2.45) is 0 Å². The molecule has 0 amide bonds. The first-order valence-electron chi connectivity index (χ1n) is 5.35. The molecule has 0 aliphatic carbocycles. The van der Waals surface area contributed by atoms with Crippen molar-refractivity contribution in [1.29, 1.82) is 0 Å². The van der Waals surface area contributed by atoms with Crippen molar-refractivity contribution in [2.45, 2.75) is 19.4 Å². The highest BCUT2D eigenvalue weighted by molar-refractivity contribution is 6.58. The first-order chi connectivity index (χ1) is 8.02. The molecule has 0 heterocycles. The molecule has 17 heavy (non-hydrogen) atoms. The van der Waals surface area contributed by atoms with E-state index in [0.717, 1.165) is 6.07 Å². The first-order valence-corrected chi connectivity index (χ1v) is 5.35. The number of benzene rings is 1. The summed E-state index contributed by atoms with van der Waals surface area (Å²) < 4.78 is 23.5.